The number of nitrogens with one attached hydrogen (secondary N) is 1. The monoisotopic (exact) mass is 414 g/mol. The summed E-state index contributed by atoms with van der Waals surface area (Å²) in [5.74, 6) is 1.08. The van der Waals surface area contributed by atoms with Gasteiger partial charge >= 0.3 is 0 Å². The Labute approximate surface area is 174 Å². The van der Waals surface area contributed by atoms with Crippen LogP contribution in [0.25, 0.3) is 10.9 Å². The van der Waals surface area contributed by atoms with Crippen LogP contribution >= 0.6 is 23.4 Å². The van der Waals surface area contributed by atoms with Gasteiger partial charge in [-0.25, -0.2) is 4.98 Å². The number of carbonyl (C=O) groups is 1. The molecule has 146 valence electrons. The zero-order valence-electron chi connectivity index (χ0n) is 16.2. The molecule has 0 fully saturated rings. The van der Waals surface area contributed by atoms with Crippen molar-refractivity contribution in [2.75, 3.05) is 6.54 Å². The summed E-state index contributed by atoms with van der Waals surface area (Å²) in [5, 5.41) is 4.90. The first kappa shape index (κ1) is 20.5. The second-order valence-electron chi connectivity index (χ2n) is 6.77. The molecule has 1 amide bonds. The summed E-state index contributed by atoms with van der Waals surface area (Å²) < 4.78 is 5.90. The number of fused-ring (bicyclic) bond motifs is 1. The predicted molar refractivity (Wildman–Crippen MR) is 117 cm³/mol. The summed E-state index contributed by atoms with van der Waals surface area (Å²) in [7, 11) is 0. The Morgan fingerprint density at radius 2 is 2.00 bits per heavy atom. The smallest absolute Gasteiger partial charge is 0.219 e. The lowest BCUT2D eigenvalue weighted by Gasteiger charge is -2.10. The highest BCUT2D eigenvalue weighted by molar-refractivity contribution is 7.99. The molecule has 0 radical (unpaired) electrons. The summed E-state index contributed by atoms with van der Waals surface area (Å²) >= 11 is 8.14. The number of rotatable bonds is 7. The van der Waals surface area contributed by atoms with E-state index < -0.39 is 0 Å². The number of carbonyl (C=O) groups excluding carboxylic acids is 1. The number of thioether (sulfide) groups is 1. The Bertz CT molecular complexity index is 991. The molecule has 2 aromatic carbocycles. The van der Waals surface area contributed by atoms with E-state index >= 15 is 0 Å². The van der Waals surface area contributed by atoms with Crippen molar-refractivity contribution in [3.05, 3.63) is 59.1 Å². The van der Waals surface area contributed by atoms with E-state index in [9.17, 15) is 4.79 Å². The zero-order chi connectivity index (χ0) is 20.1. The standard InChI is InChI=1S/C22H23ClN2O2S/c1-14(2)28-18-6-8-21(19(23)13-18)27-22-9-5-17-12-16(4-7-20(17)25-22)10-11-24-15(3)26/h4-9,12-14H,10-11H2,1-3H3,(H,24,26). The molecule has 0 aliphatic rings. The lowest BCUT2D eigenvalue weighted by atomic mass is 10.1. The van der Waals surface area contributed by atoms with Crippen LogP contribution in [0.4, 0.5) is 0 Å². The number of benzene rings is 2. The van der Waals surface area contributed by atoms with Crippen LogP contribution in [-0.2, 0) is 11.2 Å². The van der Waals surface area contributed by atoms with Crippen molar-refractivity contribution in [3.63, 3.8) is 0 Å². The third-order valence-electron chi connectivity index (χ3n) is 4.01. The van der Waals surface area contributed by atoms with E-state index in [1.54, 1.807) is 11.8 Å². The fourth-order valence-corrected chi connectivity index (χ4v) is 3.93. The van der Waals surface area contributed by atoms with Crippen LogP contribution in [0, 0.1) is 0 Å². The van der Waals surface area contributed by atoms with Crippen molar-refractivity contribution in [2.24, 2.45) is 0 Å². The van der Waals surface area contributed by atoms with E-state index in [4.69, 9.17) is 16.3 Å². The Kier molecular flexibility index (Phi) is 6.81. The van der Waals surface area contributed by atoms with Crippen LogP contribution in [0.3, 0.4) is 0 Å². The maximum atomic E-state index is 11.0. The summed E-state index contributed by atoms with van der Waals surface area (Å²) in [6, 6.07) is 15.7. The predicted octanol–water partition coefficient (Wildman–Crippen LogP) is 5.86. The van der Waals surface area contributed by atoms with E-state index in [1.807, 2.05) is 42.5 Å². The maximum absolute atomic E-state index is 11.0. The molecule has 6 heteroatoms. The molecule has 0 aliphatic heterocycles. The first-order valence-electron chi connectivity index (χ1n) is 9.19. The third-order valence-corrected chi connectivity index (χ3v) is 5.30. The van der Waals surface area contributed by atoms with Crippen LogP contribution in [0.5, 0.6) is 11.6 Å². The van der Waals surface area contributed by atoms with Gasteiger partial charge in [-0.1, -0.05) is 31.5 Å². The van der Waals surface area contributed by atoms with Gasteiger partial charge in [-0.3, -0.25) is 4.79 Å². The minimum absolute atomic E-state index is 0.0151. The van der Waals surface area contributed by atoms with E-state index in [0.717, 1.165) is 27.8 Å². The van der Waals surface area contributed by atoms with Gasteiger partial charge in [0.05, 0.1) is 10.5 Å². The molecule has 0 unspecified atom stereocenters. The van der Waals surface area contributed by atoms with E-state index in [0.29, 0.717) is 28.4 Å². The molecule has 3 rings (SSSR count). The van der Waals surface area contributed by atoms with Gasteiger partial charge in [0.2, 0.25) is 11.8 Å². The Morgan fingerprint density at radius 1 is 1.18 bits per heavy atom. The van der Waals surface area contributed by atoms with Crippen molar-refractivity contribution in [1.82, 2.24) is 10.3 Å². The Hall–Kier alpha value is -2.24. The number of pyridine rings is 1. The molecule has 1 heterocycles. The summed E-state index contributed by atoms with van der Waals surface area (Å²) in [4.78, 5) is 16.7. The number of hydrogen-bond acceptors (Lipinski definition) is 4. The molecule has 3 aromatic rings. The van der Waals surface area contributed by atoms with Crippen LogP contribution in [0.2, 0.25) is 5.02 Å². The quantitative estimate of drug-likeness (QED) is 0.492. The molecular formula is C22H23ClN2O2S. The minimum Gasteiger partial charge on any atom is -0.437 e. The largest absolute Gasteiger partial charge is 0.437 e. The fourth-order valence-electron chi connectivity index (χ4n) is 2.77. The molecule has 0 spiro atoms. The molecular weight excluding hydrogens is 392 g/mol. The van der Waals surface area contributed by atoms with Gasteiger partial charge in [-0.15, -0.1) is 11.8 Å². The summed E-state index contributed by atoms with van der Waals surface area (Å²) in [6.45, 7) is 6.44. The lowest BCUT2D eigenvalue weighted by molar-refractivity contribution is -0.118. The number of halogens is 1. The van der Waals surface area contributed by atoms with Crippen molar-refractivity contribution >= 4 is 40.2 Å². The Morgan fingerprint density at radius 3 is 2.71 bits per heavy atom. The second-order valence-corrected chi connectivity index (χ2v) is 8.83. The average molecular weight is 415 g/mol. The molecule has 0 saturated heterocycles. The zero-order valence-corrected chi connectivity index (χ0v) is 17.7. The van der Waals surface area contributed by atoms with Crippen molar-refractivity contribution in [2.45, 2.75) is 37.3 Å². The topological polar surface area (TPSA) is 51.2 Å². The summed E-state index contributed by atoms with van der Waals surface area (Å²) in [5.41, 5.74) is 2.00. The average Bonchev–Trinajstić information content (AvgIpc) is 2.63. The van der Waals surface area contributed by atoms with E-state index in [1.165, 1.54) is 6.92 Å². The molecule has 1 N–H and O–H groups in total. The highest BCUT2D eigenvalue weighted by Gasteiger charge is 2.08. The first-order valence-corrected chi connectivity index (χ1v) is 10.4. The Balaban J connectivity index is 1.73. The molecule has 0 aliphatic carbocycles. The molecule has 0 saturated carbocycles. The first-order chi connectivity index (χ1) is 13.4. The molecule has 0 atom stereocenters. The van der Waals surface area contributed by atoms with Crippen LogP contribution < -0.4 is 10.1 Å². The van der Waals surface area contributed by atoms with E-state index in [2.05, 4.69) is 30.2 Å². The van der Waals surface area contributed by atoms with Crippen molar-refractivity contribution < 1.29 is 9.53 Å². The number of ether oxygens (including phenoxy) is 1. The molecule has 4 nitrogen and oxygen atoms in total. The highest BCUT2D eigenvalue weighted by atomic mass is 35.5. The van der Waals surface area contributed by atoms with Crippen LogP contribution in [0.1, 0.15) is 26.3 Å². The van der Waals surface area contributed by atoms with Crippen molar-refractivity contribution in [1.29, 1.82) is 0 Å². The molecule has 0 bridgehead atoms. The lowest BCUT2D eigenvalue weighted by Crippen LogP contribution is -2.22. The van der Waals surface area contributed by atoms with Gasteiger partial charge in [-0.2, -0.15) is 0 Å². The number of hydrogen-bond donors (Lipinski definition) is 1. The van der Waals surface area contributed by atoms with Crippen LogP contribution in [-0.4, -0.2) is 22.7 Å². The highest BCUT2D eigenvalue weighted by Crippen LogP contribution is 2.34. The van der Waals surface area contributed by atoms with Gasteiger partial charge in [-0.05, 0) is 48.4 Å². The fraction of sp³-hybridized carbons (Fsp3) is 0.273. The maximum Gasteiger partial charge on any atom is 0.219 e. The number of amides is 1. The SMILES string of the molecule is CC(=O)NCCc1ccc2nc(Oc3ccc(SC(C)C)cc3Cl)ccc2c1. The molecule has 1 aromatic heterocycles. The van der Waals surface area contributed by atoms with Gasteiger partial charge < -0.3 is 10.1 Å². The van der Waals surface area contributed by atoms with Crippen LogP contribution in [0.15, 0.2) is 53.4 Å². The van der Waals surface area contributed by atoms with Gasteiger partial charge in [0.15, 0.2) is 0 Å². The normalized spacial score (nSPS) is 11.0. The minimum atomic E-state index is -0.0151. The van der Waals surface area contributed by atoms with Gasteiger partial charge in [0.25, 0.3) is 0 Å². The van der Waals surface area contributed by atoms with Crippen molar-refractivity contribution in [3.8, 4) is 11.6 Å². The van der Waals surface area contributed by atoms with E-state index in [-0.39, 0.29) is 5.91 Å². The van der Waals surface area contributed by atoms with Gasteiger partial charge in [0.1, 0.15) is 5.75 Å². The van der Waals surface area contributed by atoms with Gasteiger partial charge in [0, 0.05) is 35.1 Å². The number of nitrogens with zero attached hydrogens (tertiary/aromatic N) is 1. The summed E-state index contributed by atoms with van der Waals surface area (Å²) in [6.07, 6.45) is 0.782. The molecule has 28 heavy (non-hydrogen) atoms. The third kappa shape index (κ3) is 5.63. The number of aromatic nitrogens is 1. The second kappa shape index (κ2) is 9.30.